The van der Waals surface area contributed by atoms with Gasteiger partial charge in [0.2, 0.25) is 5.91 Å². The van der Waals surface area contributed by atoms with Crippen LogP contribution in [0.2, 0.25) is 0 Å². The van der Waals surface area contributed by atoms with E-state index in [1.807, 2.05) is 12.1 Å². The molecule has 0 atom stereocenters. The van der Waals surface area contributed by atoms with E-state index in [1.54, 1.807) is 6.20 Å². The Morgan fingerprint density at radius 1 is 1.56 bits per heavy atom. The molecular formula is C11H15N3OS. The molecule has 0 saturated heterocycles. The quantitative estimate of drug-likeness (QED) is 0.756. The van der Waals surface area contributed by atoms with Crippen molar-refractivity contribution in [1.29, 1.82) is 0 Å². The fourth-order valence-electron chi connectivity index (χ4n) is 1.59. The molecule has 2 rings (SSSR count). The minimum absolute atomic E-state index is 0.0807. The zero-order chi connectivity index (χ0) is 11.4. The third-order valence-corrected chi connectivity index (χ3v) is 3.59. The van der Waals surface area contributed by atoms with Gasteiger partial charge >= 0.3 is 0 Å². The molecule has 1 aliphatic carbocycles. The highest BCUT2D eigenvalue weighted by Gasteiger charge is 2.42. The first-order chi connectivity index (χ1) is 7.74. The van der Waals surface area contributed by atoms with E-state index >= 15 is 0 Å². The molecule has 4 nitrogen and oxygen atoms in total. The summed E-state index contributed by atoms with van der Waals surface area (Å²) in [7, 11) is 0. The predicted molar refractivity (Wildman–Crippen MR) is 64.0 cm³/mol. The molecule has 1 aromatic rings. The van der Waals surface area contributed by atoms with Crippen LogP contribution in [0.5, 0.6) is 0 Å². The third-order valence-electron chi connectivity index (χ3n) is 2.92. The van der Waals surface area contributed by atoms with E-state index in [2.05, 4.69) is 28.1 Å². The van der Waals surface area contributed by atoms with Crippen molar-refractivity contribution < 1.29 is 4.79 Å². The summed E-state index contributed by atoms with van der Waals surface area (Å²) in [5, 5.41) is 10.5. The third kappa shape index (κ3) is 2.95. The summed E-state index contributed by atoms with van der Waals surface area (Å²) in [4.78, 5) is 11.6. The van der Waals surface area contributed by atoms with Crippen LogP contribution in [0.25, 0.3) is 0 Å². The minimum atomic E-state index is 0.0807. The van der Waals surface area contributed by atoms with Crippen molar-refractivity contribution >= 4 is 18.5 Å². The second-order valence-corrected chi connectivity index (χ2v) is 4.64. The van der Waals surface area contributed by atoms with Crippen LogP contribution in [0.1, 0.15) is 25.0 Å². The lowest BCUT2D eigenvalue weighted by atomic mass is 10.1. The molecule has 1 N–H and O–H groups in total. The lowest BCUT2D eigenvalue weighted by Crippen LogP contribution is -2.26. The smallest absolute Gasteiger partial charge is 0.220 e. The monoisotopic (exact) mass is 237 g/mol. The zero-order valence-electron chi connectivity index (χ0n) is 9.02. The number of hydrogen-bond acceptors (Lipinski definition) is 4. The van der Waals surface area contributed by atoms with E-state index in [4.69, 9.17) is 0 Å². The molecule has 86 valence electrons. The van der Waals surface area contributed by atoms with Crippen molar-refractivity contribution in [2.24, 2.45) is 5.41 Å². The molecule has 0 radical (unpaired) electrons. The van der Waals surface area contributed by atoms with Gasteiger partial charge < -0.3 is 5.32 Å². The van der Waals surface area contributed by atoms with Gasteiger partial charge in [0, 0.05) is 12.6 Å². The largest absolute Gasteiger partial charge is 0.350 e. The van der Waals surface area contributed by atoms with Crippen LogP contribution in [0, 0.1) is 5.41 Å². The van der Waals surface area contributed by atoms with Crippen molar-refractivity contribution in [2.45, 2.75) is 25.8 Å². The van der Waals surface area contributed by atoms with Crippen molar-refractivity contribution in [3.05, 3.63) is 24.0 Å². The Bertz CT molecular complexity index is 365. The van der Waals surface area contributed by atoms with Crippen molar-refractivity contribution in [1.82, 2.24) is 15.5 Å². The summed E-state index contributed by atoms with van der Waals surface area (Å²) in [5.74, 6) is 0.878. The number of carbonyl (C=O) groups is 1. The highest BCUT2D eigenvalue weighted by molar-refractivity contribution is 7.80. The molecule has 5 heteroatoms. The molecule has 1 aromatic heterocycles. The van der Waals surface area contributed by atoms with E-state index in [1.165, 1.54) is 0 Å². The second kappa shape index (κ2) is 4.82. The number of thiol groups is 1. The average Bonchev–Trinajstić information content (AvgIpc) is 3.08. The maximum absolute atomic E-state index is 11.6. The molecule has 0 aromatic carbocycles. The van der Waals surface area contributed by atoms with Gasteiger partial charge in [-0.2, -0.15) is 22.8 Å². The highest BCUT2D eigenvalue weighted by atomic mass is 32.1. The van der Waals surface area contributed by atoms with E-state index in [0.717, 1.165) is 24.3 Å². The summed E-state index contributed by atoms with van der Waals surface area (Å²) in [6.45, 7) is 0.454. The maximum atomic E-state index is 11.6. The summed E-state index contributed by atoms with van der Waals surface area (Å²) in [6.07, 6.45) is 4.44. The normalized spacial score (nSPS) is 16.8. The van der Waals surface area contributed by atoms with Crippen molar-refractivity contribution in [3.8, 4) is 0 Å². The Balaban J connectivity index is 1.76. The fraction of sp³-hybridized carbons (Fsp3) is 0.545. The predicted octanol–water partition coefficient (Wildman–Crippen LogP) is 1.19. The van der Waals surface area contributed by atoms with Crippen LogP contribution in [-0.4, -0.2) is 21.9 Å². The Morgan fingerprint density at radius 2 is 2.38 bits per heavy atom. The Kier molecular flexibility index (Phi) is 3.43. The number of amides is 1. The van der Waals surface area contributed by atoms with Gasteiger partial charge in [0.1, 0.15) is 0 Å². The van der Waals surface area contributed by atoms with Gasteiger partial charge in [-0.3, -0.25) is 4.79 Å². The first-order valence-electron chi connectivity index (χ1n) is 5.38. The number of nitrogens with zero attached hydrogens (tertiary/aromatic N) is 2. The van der Waals surface area contributed by atoms with E-state index in [-0.39, 0.29) is 11.3 Å². The van der Waals surface area contributed by atoms with Gasteiger partial charge in [-0.1, -0.05) is 0 Å². The van der Waals surface area contributed by atoms with Crippen LogP contribution in [-0.2, 0) is 11.3 Å². The first kappa shape index (κ1) is 11.4. The Morgan fingerprint density at radius 3 is 2.94 bits per heavy atom. The second-order valence-electron chi connectivity index (χ2n) is 4.33. The van der Waals surface area contributed by atoms with Gasteiger partial charge in [0.25, 0.3) is 0 Å². The number of hydrogen-bond donors (Lipinski definition) is 2. The molecule has 0 spiro atoms. The Hall–Kier alpha value is -1.10. The van der Waals surface area contributed by atoms with E-state index < -0.39 is 0 Å². The molecule has 1 heterocycles. The molecule has 1 saturated carbocycles. The molecule has 0 unspecified atom stereocenters. The van der Waals surface area contributed by atoms with E-state index in [0.29, 0.717) is 13.0 Å². The molecule has 1 aliphatic rings. The molecular weight excluding hydrogens is 222 g/mol. The summed E-state index contributed by atoms with van der Waals surface area (Å²) in [6, 6.07) is 3.66. The van der Waals surface area contributed by atoms with Gasteiger partial charge in [-0.15, -0.1) is 0 Å². The van der Waals surface area contributed by atoms with Crippen LogP contribution in [0.4, 0.5) is 0 Å². The van der Waals surface area contributed by atoms with Crippen molar-refractivity contribution in [3.63, 3.8) is 0 Å². The molecule has 16 heavy (non-hydrogen) atoms. The number of rotatable bonds is 5. The fourth-order valence-corrected chi connectivity index (χ4v) is 2.02. The van der Waals surface area contributed by atoms with Crippen LogP contribution >= 0.6 is 12.6 Å². The zero-order valence-corrected chi connectivity index (χ0v) is 9.91. The highest BCUT2D eigenvalue weighted by Crippen LogP contribution is 2.49. The van der Waals surface area contributed by atoms with Gasteiger partial charge in [0.05, 0.1) is 12.2 Å². The lowest BCUT2D eigenvalue weighted by molar-refractivity contribution is -0.122. The number of carbonyl (C=O) groups excluding carboxylic acids is 1. The summed E-state index contributed by atoms with van der Waals surface area (Å²) in [5.41, 5.74) is 0.960. The SMILES string of the molecule is O=C(CC1(CS)CC1)NCc1cccnn1. The lowest BCUT2D eigenvalue weighted by Gasteiger charge is -2.11. The first-order valence-corrected chi connectivity index (χ1v) is 6.01. The summed E-state index contributed by atoms with van der Waals surface area (Å²) >= 11 is 4.27. The van der Waals surface area contributed by atoms with Gasteiger partial charge in [-0.05, 0) is 36.1 Å². The topological polar surface area (TPSA) is 54.9 Å². The van der Waals surface area contributed by atoms with Crippen LogP contribution in [0.3, 0.4) is 0 Å². The number of nitrogens with one attached hydrogen (secondary N) is 1. The standard InChI is InChI=1S/C11H15N3OS/c15-10(6-11(8-16)3-4-11)12-7-9-2-1-5-13-14-9/h1-2,5,16H,3-4,6-8H2,(H,12,15). The van der Waals surface area contributed by atoms with Gasteiger partial charge in [0.15, 0.2) is 0 Å². The summed E-state index contributed by atoms with van der Waals surface area (Å²) < 4.78 is 0. The molecule has 1 fully saturated rings. The molecule has 0 aliphatic heterocycles. The number of aromatic nitrogens is 2. The average molecular weight is 237 g/mol. The van der Waals surface area contributed by atoms with Crippen LogP contribution < -0.4 is 5.32 Å². The van der Waals surface area contributed by atoms with Gasteiger partial charge in [-0.25, -0.2) is 0 Å². The maximum Gasteiger partial charge on any atom is 0.220 e. The van der Waals surface area contributed by atoms with Crippen molar-refractivity contribution in [2.75, 3.05) is 5.75 Å². The minimum Gasteiger partial charge on any atom is -0.350 e. The van der Waals surface area contributed by atoms with Crippen LogP contribution in [0.15, 0.2) is 18.3 Å². The molecule has 1 amide bonds. The Labute approximate surface area is 100 Å². The molecule has 0 bridgehead atoms. The van der Waals surface area contributed by atoms with E-state index in [9.17, 15) is 4.79 Å².